The van der Waals surface area contributed by atoms with Gasteiger partial charge < -0.3 is 4.89 Å². The third-order valence-corrected chi connectivity index (χ3v) is 4.57. The first-order valence-electron chi connectivity index (χ1n) is 4.74. The van der Waals surface area contributed by atoms with Gasteiger partial charge in [-0.15, -0.1) is 0 Å². The first-order chi connectivity index (χ1) is 6.68. The van der Waals surface area contributed by atoms with E-state index in [1.54, 1.807) is 0 Å². The summed E-state index contributed by atoms with van der Waals surface area (Å²) in [5, 5.41) is 0.751. The van der Waals surface area contributed by atoms with Crippen LogP contribution in [0.25, 0.3) is 0 Å². The Morgan fingerprint density at radius 2 is 1.93 bits per heavy atom. The molecule has 74 valence electrons. The molecule has 0 spiro atoms. The van der Waals surface area contributed by atoms with Crippen LogP contribution in [-0.4, -0.2) is 4.89 Å². The highest BCUT2D eigenvalue weighted by molar-refractivity contribution is 7.61. The summed E-state index contributed by atoms with van der Waals surface area (Å²) >= 11 is 0. The molecule has 1 N–H and O–H groups in total. The lowest BCUT2D eigenvalue weighted by atomic mass is 10.1. The topological polar surface area (TPSA) is 37.3 Å². The zero-order valence-electron chi connectivity index (χ0n) is 7.89. The van der Waals surface area contributed by atoms with Crippen molar-refractivity contribution in [3.8, 4) is 0 Å². The Balaban J connectivity index is 2.14. The molecular weight excluding hydrogens is 195 g/mol. The molecule has 0 bridgehead atoms. The Labute approximate surface area is 83.7 Å². The molecule has 0 aliphatic heterocycles. The van der Waals surface area contributed by atoms with Gasteiger partial charge in [0.25, 0.3) is 0 Å². The van der Waals surface area contributed by atoms with Crippen LogP contribution in [-0.2, 0) is 10.7 Å². The Morgan fingerprint density at radius 1 is 1.29 bits per heavy atom. The Morgan fingerprint density at radius 3 is 2.43 bits per heavy atom. The molecule has 0 heterocycles. The largest absolute Gasteiger partial charge is 0.341 e. The number of rotatable bonds is 3. The molecule has 0 aromatic heterocycles. The molecule has 1 unspecified atom stereocenters. The lowest BCUT2D eigenvalue weighted by Crippen LogP contribution is -1.98. The fourth-order valence-electron chi connectivity index (χ4n) is 1.52. The number of hydrogen-bond donors (Lipinski definition) is 1. The quantitative estimate of drug-likeness (QED) is 0.775. The monoisotopic (exact) mass is 208 g/mol. The summed E-state index contributed by atoms with van der Waals surface area (Å²) < 4.78 is 11.9. The minimum Gasteiger partial charge on any atom is -0.341 e. The predicted octanol–water partition coefficient (Wildman–Crippen LogP) is 3.13. The molecule has 2 nitrogen and oxygen atoms in total. The van der Waals surface area contributed by atoms with E-state index in [-0.39, 0.29) is 6.16 Å². The van der Waals surface area contributed by atoms with Crippen molar-refractivity contribution < 1.29 is 9.46 Å². The molecular formula is C11H13O2P. The van der Waals surface area contributed by atoms with Crippen molar-refractivity contribution in [2.24, 2.45) is 0 Å². The molecule has 0 amide bonds. The van der Waals surface area contributed by atoms with Crippen molar-refractivity contribution in [1.82, 2.24) is 0 Å². The molecule has 0 saturated carbocycles. The average molecular weight is 208 g/mol. The van der Waals surface area contributed by atoms with Gasteiger partial charge in [0.05, 0.1) is 6.16 Å². The fraction of sp³-hybridized carbons (Fsp3) is 0.273. The average Bonchev–Trinajstić information content (AvgIpc) is 2.00. The minimum atomic E-state index is -3.06. The lowest BCUT2D eigenvalue weighted by Gasteiger charge is -2.20. The smallest absolute Gasteiger partial charge is 0.229 e. The molecule has 1 aliphatic carbocycles. The van der Waals surface area contributed by atoms with E-state index in [1.807, 2.05) is 36.4 Å². The first kappa shape index (κ1) is 9.70. The van der Waals surface area contributed by atoms with Gasteiger partial charge in [0.1, 0.15) is 0 Å². The summed E-state index contributed by atoms with van der Waals surface area (Å²) in [4.78, 5) is 9.77. The van der Waals surface area contributed by atoms with Crippen LogP contribution in [0.1, 0.15) is 18.4 Å². The Kier molecular flexibility index (Phi) is 2.58. The molecule has 0 radical (unpaired) electrons. The van der Waals surface area contributed by atoms with Gasteiger partial charge in [0, 0.05) is 5.31 Å². The maximum Gasteiger partial charge on any atom is 0.229 e. The van der Waals surface area contributed by atoms with E-state index >= 15 is 0 Å². The van der Waals surface area contributed by atoms with Crippen LogP contribution >= 0.6 is 7.37 Å². The van der Waals surface area contributed by atoms with Gasteiger partial charge in [-0.25, -0.2) is 0 Å². The second-order valence-corrected chi connectivity index (χ2v) is 5.87. The van der Waals surface area contributed by atoms with Crippen molar-refractivity contribution in [3.05, 3.63) is 47.3 Å². The highest BCUT2D eigenvalue weighted by Gasteiger charge is 2.27. The lowest BCUT2D eigenvalue weighted by molar-refractivity contribution is 0.480. The van der Waals surface area contributed by atoms with Crippen LogP contribution in [0, 0.1) is 0 Å². The van der Waals surface area contributed by atoms with E-state index < -0.39 is 7.37 Å². The van der Waals surface area contributed by atoms with Gasteiger partial charge in [-0.1, -0.05) is 36.4 Å². The molecule has 0 fully saturated rings. The summed E-state index contributed by atoms with van der Waals surface area (Å²) in [5.74, 6) is 0. The molecule has 1 aliphatic rings. The molecule has 0 saturated heterocycles. The van der Waals surface area contributed by atoms with Crippen LogP contribution < -0.4 is 0 Å². The maximum absolute atomic E-state index is 11.9. The van der Waals surface area contributed by atoms with Gasteiger partial charge in [-0.3, -0.25) is 4.57 Å². The summed E-state index contributed by atoms with van der Waals surface area (Å²) in [5.41, 5.74) is 0.936. The molecule has 1 aromatic rings. The maximum atomic E-state index is 11.9. The van der Waals surface area contributed by atoms with Crippen molar-refractivity contribution in [1.29, 1.82) is 0 Å². The van der Waals surface area contributed by atoms with Crippen molar-refractivity contribution >= 4 is 7.37 Å². The van der Waals surface area contributed by atoms with Gasteiger partial charge in [-0.2, -0.15) is 0 Å². The van der Waals surface area contributed by atoms with Gasteiger partial charge in [0.15, 0.2) is 0 Å². The standard InChI is InChI=1S/C11H13O2P/c12-14(13,11-7-4-8-11)9-10-5-2-1-3-6-10/h1-3,5-7H,4,8-9H2,(H,12,13). The zero-order chi connectivity index (χ0) is 10.0. The second-order valence-electron chi connectivity index (χ2n) is 3.58. The normalized spacial score (nSPS) is 19.4. The van der Waals surface area contributed by atoms with Crippen LogP contribution in [0.3, 0.4) is 0 Å². The zero-order valence-corrected chi connectivity index (χ0v) is 8.78. The van der Waals surface area contributed by atoms with E-state index in [4.69, 9.17) is 0 Å². The van der Waals surface area contributed by atoms with Crippen molar-refractivity contribution in [2.75, 3.05) is 0 Å². The molecule has 14 heavy (non-hydrogen) atoms. The SMILES string of the molecule is O=P(O)(Cc1ccccc1)C1=CCC1. The molecule has 3 heteroatoms. The summed E-state index contributed by atoms with van der Waals surface area (Å²) in [6.45, 7) is 0. The van der Waals surface area contributed by atoms with E-state index in [2.05, 4.69) is 0 Å². The Hall–Kier alpha value is -0.850. The van der Waals surface area contributed by atoms with Crippen molar-refractivity contribution in [3.63, 3.8) is 0 Å². The highest BCUT2D eigenvalue weighted by Crippen LogP contribution is 2.57. The summed E-state index contributed by atoms with van der Waals surface area (Å²) in [7, 11) is -3.06. The Bertz CT molecular complexity index is 395. The predicted molar refractivity (Wildman–Crippen MR) is 57.3 cm³/mol. The summed E-state index contributed by atoms with van der Waals surface area (Å²) in [6.07, 6.45) is 3.90. The van der Waals surface area contributed by atoms with Gasteiger partial charge in [0.2, 0.25) is 7.37 Å². The van der Waals surface area contributed by atoms with Gasteiger partial charge >= 0.3 is 0 Å². The first-order valence-corrected chi connectivity index (χ1v) is 6.58. The second kappa shape index (κ2) is 3.72. The fourth-order valence-corrected chi connectivity index (χ4v) is 3.32. The van der Waals surface area contributed by atoms with Crippen LogP contribution in [0.5, 0.6) is 0 Å². The van der Waals surface area contributed by atoms with Crippen LogP contribution in [0.2, 0.25) is 0 Å². The molecule has 2 rings (SSSR count). The third kappa shape index (κ3) is 1.97. The van der Waals surface area contributed by atoms with Crippen molar-refractivity contribution in [2.45, 2.75) is 19.0 Å². The third-order valence-electron chi connectivity index (χ3n) is 2.47. The minimum absolute atomic E-state index is 0.277. The van der Waals surface area contributed by atoms with E-state index in [1.165, 1.54) is 0 Å². The van der Waals surface area contributed by atoms with E-state index in [0.29, 0.717) is 0 Å². The van der Waals surface area contributed by atoms with Crippen LogP contribution in [0.4, 0.5) is 0 Å². The van der Waals surface area contributed by atoms with Gasteiger partial charge in [-0.05, 0) is 18.4 Å². The number of hydrogen-bond acceptors (Lipinski definition) is 1. The van der Waals surface area contributed by atoms with E-state index in [0.717, 1.165) is 23.7 Å². The summed E-state index contributed by atoms with van der Waals surface area (Å²) in [6, 6.07) is 9.48. The van der Waals surface area contributed by atoms with Crippen LogP contribution in [0.15, 0.2) is 41.7 Å². The van der Waals surface area contributed by atoms with E-state index in [9.17, 15) is 9.46 Å². The number of benzene rings is 1. The molecule has 1 atom stereocenters. The number of allylic oxidation sites excluding steroid dienone is 2. The highest BCUT2D eigenvalue weighted by atomic mass is 31.2. The molecule has 1 aromatic carbocycles.